The minimum atomic E-state index is -0.108. The van der Waals surface area contributed by atoms with Gasteiger partial charge in [-0.25, -0.2) is 4.98 Å². The average molecular weight is 445 g/mol. The number of carbonyl (C=O) groups excluding carboxylic acids is 1. The van der Waals surface area contributed by atoms with Crippen LogP contribution in [0.5, 0.6) is 0 Å². The maximum atomic E-state index is 12.4. The molecule has 1 amide bonds. The summed E-state index contributed by atoms with van der Waals surface area (Å²) in [5.74, 6) is -0.108. The Morgan fingerprint density at radius 3 is 2.88 bits per heavy atom. The second-order valence-corrected chi connectivity index (χ2v) is 7.27. The van der Waals surface area contributed by atoms with Crippen LogP contribution >= 0.6 is 33.9 Å². The van der Waals surface area contributed by atoms with Crippen LogP contribution in [0.25, 0.3) is 16.2 Å². The molecule has 1 N–H and O–H groups in total. The number of rotatable bonds is 3. The highest BCUT2D eigenvalue weighted by Gasteiger charge is 2.11. The third-order valence-electron chi connectivity index (χ3n) is 3.63. The van der Waals surface area contributed by atoms with Crippen molar-refractivity contribution in [1.82, 2.24) is 9.38 Å². The van der Waals surface area contributed by atoms with Gasteiger partial charge in [-0.05, 0) is 46.9 Å². The summed E-state index contributed by atoms with van der Waals surface area (Å²) in [6.45, 7) is 0. The van der Waals surface area contributed by atoms with Crippen LogP contribution in [0.15, 0.2) is 66.3 Å². The first-order valence-corrected chi connectivity index (χ1v) is 9.25. The number of nitrogens with one attached hydrogen (secondary N) is 1. The van der Waals surface area contributed by atoms with Crippen LogP contribution in [-0.4, -0.2) is 15.3 Å². The zero-order chi connectivity index (χ0) is 16.5. The van der Waals surface area contributed by atoms with Crippen LogP contribution in [0.2, 0.25) is 0 Å². The number of amides is 1. The molecule has 0 spiro atoms. The Kier molecular flexibility index (Phi) is 4.07. The highest BCUT2D eigenvalue weighted by molar-refractivity contribution is 14.1. The minimum absolute atomic E-state index is 0.108. The SMILES string of the molecule is O=C(Nc1cccc(-c2cn3ccsc3n2)c1)c1ccccc1I. The molecule has 0 aliphatic carbocycles. The van der Waals surface area contributed by atoms with E-state index in [0.29, 0.717) is 5.56 Å². The average Bonchev–Trinajstić information content (AvgIpc) is 3.17. The van der Waals surface area contributed by atoms with Gasteiger partial charge in [-0.2, -0.15) is 0 Å². The van der Waals surface area contributed by atoms with Crippen molar-refractivity contribution in [2.24, 2.45) is 0 Å². The fourth-order valence-corrected chi connectivity index (χ4v) is 3.80. The molecule has 0 radical (unpaired) electrons. The fraction of sp³-hybridized carbons (Fsp3) is 0. The minimum Gasteiger partial charge on any atom is -0.322 e. The van der Waals surface area contributed by atoms with Gasteiger partial charge in [0.15, 0.2) is 4.96 Å². The molecule has 0 atom stereocenters. The van der Waals surface area contributed by atoms with Crippen molar-refractivity contribution < 1.29 is 4.79 Å². The topological polar surface area (TPSA) is 46.4 Å². The Morgan fingerprint density at radius 1 is 1.17 bits per heavy atom. The van der Waals surface area contributed by atoms with Gasteiger partial charge in [0.1, 0.15) is 0 Å². The first-order valence-electron chi connectivity index (χ1n) is 7.29. The Bertz CT molecular complexity index is 1010. The molecule has 0 bridgehead atoms. The summed E-state index contributed by atoms with van der Waals surface area (Å²) in [5.41, 5.74) is 3.30. The zero-order valence-electron chi connectivity index (χ0n) is 12.4. The van der Waals surface area contributed by atoms with E-state index in [1.807, 2.05) is 70.7 Å². The van der Waals surface area contributed by atoms with E-state index in [-0.39, 0.29) is 5.91 Å². The van der Waals surface area contributed by atoms with Crippen molar-refractivity contribution in [3.63, 3.8) is 0 Å². The molecule has 0 saturated carbocycles. The molecular weight excluding hydrogens is 433 g/mol. The number of halogens is 1. The normalized spacial score (nSPS) is 10.9. The van der Waals surface area contributed by atoms with Gasteiger partial charge in [0, 0.05) is 32.6 Å². The number of nitrogens with zero attached hydrogens (tertiary/aromatic N) is 2. The molecule has 2 aromatic carbocycles. The van der Waals surface area contributed by atoms with Crippen LogP contribution in [0.1, 0.15) is 10.4 Å². The molecule has 118 valence electrons. The molecule has 2 aromatic heterocycles. The zero-order valence-corrected chi connectivity index (χ0v) is 15.4. The molecule has 4 rings (SSSR count). The van der Waals surface area contributed by atoms with Crippen LogP contribution in [0, 0.1) is 3.57 Å². The van der Waals surface area contributed by atoms with Crippen LogP contribution in [0.4, 0.5) is 5.69 Å². The summed E-state index contributed by atoms with van der Waals surface area (Å²) in [4.78, 5) is 18.0. The summed E-state index contributed by atoms with van der Waals surface area (Å²) in [6.07, 6.45) is 3.98. The molecule has 4 aromatic rings. The molecule has 0 saturated heterocycles. The van der Waals surface area contributed by atoms with Gasteiger partial charge in [0.2, 0.25) is 0 Å². The predicted molar refractivity (Wildman–Crippen MR) is 106 cm³/mol. The van der Waals surface area contributed by atoms with Gasteiger partial charge >= 0.3 is 0 Å². The van der Waals surface area contributed by atoms with Gasteiger partial charge in [0.25, 0.3) is 5.91 Å². The summed E-state index contributed by atoms with van der Waals surface area (Å²) in [6, 6.07) is 15.3. The summed E-state index contributed by atoms with van der Waals surface area (Å²) < 4.78 is 2.93. The molecule has 6 heteroatoms. The summed E-state index contributed by atoms with van der Waals surface area (Å²) >= 11 is 3.77. The molecule has 4 nitrogen and oxygen atoms in total. The van der Waals surface area contributed by atoms with Gasteiger partial charge < -0.3 is 5.32 Å². The molecule has 0 fully saturated rings. The van der Waals surface area contributed by atoms with E-state index in [1.54, 1.807) is 11.3 Å². The summed E-state index contributed by atoms with van der Waals surface area (Å²) in [7, 11) is 0. The van der Waals surface area contributed by atoms with Gasteiger partial charge in [-0.15, -0.1) is 11.3 Å². The lowest BCUT2D eigenvalue weighted by Crippen LogP contribution is -2.13. The Hall–Kier alpha value is -2.19. The monoisotopic (exact) mass is 445 g/mol. The highest BCUT2D eigenvalue weighted by atomic mass is 127. The van der Waals surface area contributed by atoms with E-state index in [4.69, 9.17) is 0 Å². The Balaban J connectivity index is 1.62. The number of carbonyl (C=O) groups is 1. The molecule has 0 aliphatic rings. The maximum Gasteiger partial charge on any atom is 0.256 e. The first-order chi connectivity index (χ1) is 11.7. The molecular formula is C18H12IN3OS. The van der Waals surface area contributed by atoms with E-state index >= 15 is 0 Å². The third kappa shape index (κ3) is 2.94. The lowest BCUT2D eigenvalue weighted by atomic mass is 10.1. The van der Waals surface area contributed by atoms with E-state index in [9.17, 15) is 4.79 Å². The second-order valence-electron chi connectivity index (χ2n) is 5.23. The number of hydrogen-bond donors (Lipinski definition) is 1. The standard InChI is InChI=1S/C18H12IN3OS/c19-15-7-2-1-6-14(15)17(23)20-13-5-3-4-12(10-13)16-11-22-8-9-24-18(22)21-16/h1-11H,(H,20,23). The Morgan fingerprint density at radius 2 is 2.04 bits per heavy atom. The highest BCUT2D eigenvalue weighted by Crippen LogP contribution is 2.24. The smallest absolute Gasteiger partial charge is 0.256 e. The van der Waals surface area contributed by atoms with Gasteiger partial charge in [0.05, 0.1) is 11.3 Å². The molecule has 0 unspecified atom stereocenters. The lowest BCUT2D eigenvalue weighted by Gasteiger charge is -2.08. The van der Waals surface area contributed by atoms with Crippen molar-refractivity contribution in [1.29, 1.82) is 0 Å². The summed E-state index contributed by atoms with van der Waals surface area (Å²) in [5, 5.41) is 4.97. The maximum absolute atomic E-state index is 12.4. The van der Waals surface area contributed by atoms with E-state index in [1.165, 1.54) is 0 Å². The van der Waals surface area contributed by atoms with Crippen molar-refractivity contribution in [2.75, 3.05) is 5.32 Å². The Labute approximate surface area is 156 Å². The number of anilines is 1. The third-order valence-corrected chi connectivity index (χ3v) is 5.34. The first kappa shape index (κ1) is 15.3. The van der Waals surface area contributed by atoms with Crippen molar-refractivity contribution in [2.45, 2.75) is 0 Å². The second kappa shape index (κ2) is 6.37. The van der Waals surface area contributed by atoms with Gasteiger partial charge in [-0.1, -0.05) is 24.3 Å². The lowest BCUT2D eigenvalue weighted by molar-refractivity contribution is 0.102. The van der Waals surface area contributed by atoms with Crippen molar-refractivity contribution in [3.8, 4) is 11.3 Å². The number of thiazole rings is 1. The fourth-order valence-electron chi connectivity index (χ4n) is 2.47. The van der Waals surface area contributed by atoms with E-state index in [2.05, 4.69) is 32.9 Å². The van der Waals surface area contributed by atoms with Crippen LogP contribution < -0.4 is 5.32 Å². The largest absolute Gasteiger partial charge is 0.322 e. The van der Waals surface area contributed by atoms with Crippen molar-refractivity contribution >= 4 is 50.5 Å². The van der Waals surface area contributed by atoms with Crippen LogP contribution in [-0.2, 0) is 0 Å². The number of benzene rings is 2. The van der Waals surface area contributed by atoms with E-state index in [0.717, 1.165) is 25.5 Å². The number of imidazole rings is 1. The molecule has 24 heavy (non-hydrogen) atoms. The predicted octanol–water partition coefficient (Wildman–Crippen LogP) is 4.92. The number of hydrogen-bond acceptors (Lipinski definition) is 3. The molecule has 0 aliphatic heterocycles. The van der Waals surface area contributed by atoms with E-state index < -0.39 is 0 Å². The quantitative estimate of drug-likeness (QED) is 0.455. The van der Waals surface area contributed by atoms with Gasteiger partial charge in [-0.3, -0.25) is 9.20 Å². The number of aromatic nitrogens is 2. The van der Waals surface area contributed by atoms with Crippen molar-refractivity contribution in [3.05, 3.63) is 75.4 Å². The number of fused-ring (bicyclic) bond motifs is 1. The molecule has 2 heterocycles. The van der Waals surface area contributed by atoms with Crippen LogP contribution in [0.3, 0.4) is 0 Å².